The summed E-state index contributed by atoms with van der Waals surface area (Å²) in [5, 5.41) is 4.63. The number of aromatic nitrogens is 3. The number of halogens is 2. The van der Waals surface area contributed by atoms with Crippen LogP contribution in [0, 0.1) is 0 Å². The van der Waals surface area contributed by atoms with Gasteiger partial charge in [-0.1, -0.05) is 68.3 Å². The zero-order valence-corrected chi connectivity index (χ0v) is 20.3. The number of fused-ring (bicyclic) bond motifs is 3. The van der Waals surface area contributed by atoms with Crippen molar-refractivity contribution < 1.29 is 4.74 Å². The smallest absolute Gasteiger partial charge is 0.229 e. The van der Waals surface area contributed by atoms with Crippen molar-refractivity contribution >= 4 is 43.5 Å². The summed E-state index contributed by atoms with van der Waals surface area (Å²) in [6, 6.07) is 24.8. The highest BCUT2D eigenvalue weighted by atomic mass is 79.9. The lowest BCUT2D eigenvalue weighted by atomic mass is 9.84. The van der Waals surface area contributed by atoms with Crippen LogP contribution in [0.15, 0.2) is 93.6 Å². The Hall–Kier alpha value is -2.90. The van der Waals surface area contributed by atoms with Crippen LogP contribution in [0.4, 0.5) is 5.95 Å². The molecule has 6 rings (SSSR count). The topological polar surface area (TPSA) is 43.2 Å². The van der Waals surface area contributed by atoms with Crippen molar-refractivity contribution in [2.45, 2.75) is 12.1 Å². The van der Waals surface area contributed by atoms with Crippen LogP contribution in [0.25, 0.3) is 5.70 Å². The molecule has 0 spiro atoms. The maximum absolute atomic E-state index is 6.67. The van der Waals surface area contributed by atoms with Gasteiger partial charge in [-0.25, -0.2) is 4.68 Å². The molecule has 0 unspecified atom stereocenters. The van der Waals surface area contributed by atoms with Crippen LogP contribution in [0.5, 0.6) is 5.75 Å². The maximum atomic E-state index is 6.67. The highest BCUT2D eigenvalue weighted by Gasteiger charge is 2.42. The molecule has 0 amide bonds. The third kappa shape index (κ3) is 3.03. The van der Waals surface area contributed by atoms with E-state index in [0.717, 1.165) is 48.6 Å². The van der Waals surface area contributed by atoms with Crippen molar-refractivity contribution in [1.29, 1.82) is 0 Å². The number of ether oxygens (including phenoxy) is 1. The van der Waals surface area contributed by atoms with Crippen LogP contribution < -0.4 is 9.64 Å². The van der Waals surface area contributed by atoms with E-state index < -0.39 is 0 Å². The summed E-state index contributed by atoms with van der Waals surface area (Å²) in [7, 11) is 2.05. The van der Waals surface area contributed by atoms with E-state index in [2.05, 4.69) is 108 Å². The van der Waals surface area contributed by atoms with Crippen LogP contribution in [0.3, 0.4) is 0 Å². The highest BCUT2D eigenvalue weighted by molar-refractivity contribution is 9.10. The van der Waals surface area contributed by atoms with Gasteiger partial charge in [0.15, 0.2) is 0 Å². The predicted molar refractivity (Wildman–Crippen MR) is 132 cm³/mol. The fourth-order valence-electron chi connectivity index (χ4n) is 4.63. The fourth-order valence-corrected chi connectivity index (χ4v) is 5.16. The summed E-state index contributed by atoms with van der Waals surface area (Å²) in [6.07, 6.45) is 1.36. The van der Waals surface area contributed by atoms with E-state index >= 15 is 0 Å². The summed E-state index contributed by atoms with van der Waals surface area (Å²) in [5.74, 6) is 1.68. The van der Waals surface area contributed by atoms with Crippen molar-refractivity contribution in [3.63, 3.8) is 0 Å². The molecule has 158 valence electrons. The van der Waals surface area contributed by atoms with Gasteiger partial charge in [0.05, 0.1) is 5.70 Å². The molecule has 5 nitrogen and oxygen atoms in total. The maximum Gasteiger partial charge on any atom is 0.229 e. The van der Waals surface area contributed by atoms with Gasteiger partial charge in [0.2, 0.25) is 5.95 Å². The molecule has 0 radical (unpaired) electrons. The Morgan fingerprint density at radius 1 is 0.844 bits per heavy atom. The van der Waals surface area contributed by atoms with Crippen molar-refractivity contribution in [3.05, 3.63) is 110 Å². The zero-order valence-electron chi connectivity index (χ0n) is 17.1. The Bertz CT molecular complexity index is 1350. The van der Waals surface area contributed by atoms with Crippen LogP contribution in [-0.2, 0) is 0 Å². The fraction of sp³-hybridized carbons (Fsp3) is 0.120. The molecule has 2 atom stereocenters. The molecule has 0 aliphatic carbocycles. The Balaban J connectivity index is 1.65. The summed E-state index contributed by atoms with van der Waals surface area (Å²) in [5.41, 5.74) is 5.55. The lowest BCUT2D eigenvalue weighted by Crippen LogP contribution is -2.37. The van der Waals surface area contributed by atoms with E-state index in [-0.39, 0.29) is 12.1 Å². The molecule has 0 saturated carbocycles. The number of hydrogen-bond acceptors (Lipinski definition) is 4. The number of hydrogen-bond donors (Lipinski definition) is 0. The van der Waals surface area contributed by atoms with E-state index in [1.165, 1.54) is 0 Å². The first-order valence-electron chi connectivity index (χ1n) is 10.3. The van der Waals surface area contributed by atoms with Crippen molar-refractivity contribution in [2.75, 3.05) is 11.9 Å². The Morgan fingerprint density at radius 3 is 2.22 bits per heavy atom. The molecule has 3 heterocycles. The van der Waals surface area contributed by atoms with Gasteiger partial charge in [0.25, 0.3) is 0 Å². The largest absolute Gasteiger partial charge is 0.480 e. The quantitative estimate of drug-likeness (QED) is 0.291. The van der Waals surface area contributed by atoms with Crippen LogP contribution in [-0.4, -0.2) is 21.8 Å². The molecule has 1 aromatic heterocycles. The van der Waals surface area contributed by atoms with Crippen molar-refractivity contribution in [1.82, 2.24) is 14.8 Å². The molecule has 2 aliphatic rings. The first-order valence-corrected chi connectivity index (χ1v) is 11.8. The number of nitrogens with zero attached hydrogens (tertiary/aromatic N) is 4. The van der Waals surface area contributed by atoms with Gasteiger partial charge < -0.3 is 9.64 Å². The molecule has 4 aromatic rings. The Morgan fingerprint density at radius 2 is 1.50 bits per heavy atom. The third-order valence-corrected chi connectivity index (χ3v) is 7.09. The molecule has 0 fully saturated rings. The van der Waals surface area contributed by atoms with Gasteiger partial charge in [0, 0.05) is 27.1 Å². The normalized spacial score (nSPS) is 19.2. The van der Waals surface area contributed by atoms with Gasteiger partial charge in [0.1, 0.15) is 24.2 Å². The Labute approximate surface area is 202 Å². The van der Waals surface area contributed by atoms with Crippen LogP contribution >= 0.6 is 31.9 Å². The van der Waals surface area contributed by atoms with Crippen molar-refractivity contribution in [3.8, 4) is 5.75 Å². The lowest BCUT2D eigenvalue weighted by Gasteiger charge is -2.42. The molecule has 2 aliphatic heterocycles. The second-order valence-electron chi connectivity index (χ2n) is 7.87. The van der Waals surface area contributed by atoms with Crippen molar-refractivity contribution in [2.24, 2.45) is 0 Å². The van der Waals surface area contributed by atoms with Gasteiger partial charge in [-0.2, -0.15) is 10.1 Å². The minimum absolute atomic E-state index is 0.145. The highest BCUT2D eigenvalue weighted by Crippen LogP contribution is 2.52. The molecule has 32 heavy (non-hydrogen) atoms. The Kier molecular flexibility index (Phi) is 4.69. The van der Waals surface area contributed by atoms with E-state index in [1.807, 2.05) is 23.9 Å². The summed E-state index contributed by atoms with van der Waals surface area (Å²) >= 11 is 7.12. The summed E-state index contributed by atoms with van der Waals surface area (Å²) in [6.45, 7) is 0. The first-order chi connectivity index (χ1) is 15.6. The number of benzene rings is 3. The zero-order chi connectivity index (χ0) is 21.8. The van der Waals surface area contributed by atoms with E-state index in [1.54, 1.807) is 6.33 Å². The molecular formula is C25H18Br2N4O. The average molecular weight is 550 g/mol. The predicted octanol–water partition coefficient (Wildman–Crippen LogP) is 6.39. The minimum atomic E-state index is -0.263. The van der Waals surface area contributed by atoms with E-state index in [9.17, 15) is 0 Å². The minimum Gasteiger partial charge on any atom is -0.480 e. The average Bonchev–Trinajstić information content (AvgIpc) is 3.30. The molecule has 3 aromatic carbocycles. The van der Waals surface area contributed by atoms with Gasteiger partial charge >= 0.3 is 0 Å². The standard InChI is InChI=1S/C25H18Br2N4O/c1-30-23-19-4-2-3-5-20(19)32-24(16-8-12-18(27)13-9-16)21(23)22(31-25(30)28-14-29-31)15-6-10-17(26)11-7-15/h2-14,22,24H,1H3/t22-,24-/m1/s1. The van der Waals surface area contributed by atoms with Gasteiger partial charge in [-0.15, -0.1) is 0 Å². The SMILES string of the molecule is CN1C2=C([C@@H](c3ccc(Br)cc3)Oc3ccccc32)[C@@H](c2ccc(Br)cc2)n2ncnc21. The number of para-hydroxylation sites is 1. The molecular weight excluding hydrogens is 532 g/mol. The molecule has 0 bridgehead atoms. The van der Waals surface area contributed by atoms with Gasteiger partial charge in [-0.3, -0.25) is 0 Å². The summed E-state index contributed by atoms with van der Waals surface area (Å²) in [4.78, 5) is 6.72. The monoisotopic (exact) mass is 548 g/mol. The van der Waals surface area contributed by atoms with Gasteiger partial charge in [-0.05, 0) is 47.5 Å². The third-order valence-electron chi connectivity index (χ3n) is 6.03. The second kappa shape index (κ2) is 7.60. The molecule has 0 N–H and O–H groups in total. The van der Waals surface area contributed by atoms with E-state index in [0.29, 0.717) is 0 Å². The lowest BCUT2D eigenvalue weighted by molar-refractivity contribution is 0.222. The molecule has 7 heteroatoms. The van der Waals surface area contributed by atoms with Crippen LogP contribution in [0.2, 0.25) is 0 Å². The van der Waals surface area contributed by atoms with E-state index in [4.69, 9.17) is 4.74 Å². The second-order valence-corrected chi connectivity index (χ2v) is 9.70. The number of anilines is 1. The molecule has 0 saturated heterocycles. The number of rotatable bonds is 2. The van der Waals surface area contributed by atoms with Crippen LogP contribution in [0.1, 0.15) is 28.8 Å². The summed E-state index contributed by atoms with van der Waals surface area (Å²) < 4.78 is 10.7. The first kappa shape index (κ1) is 19.8.